The van der Waals surface area contributed by atoms with Crippen molar-refractivity contribution in [1.82, 2.24) is 9.97 Å². The van der Waals surface area contributed by atoms with Crippen molar-refractivity contribution in [3.8, 4) is 0 Å². The van der Waals surface area contributed by atoms with Crippen molar-refractivity contribution in [2.45, 2.75) is 32.7 Å². The normalized spacial score (nSPS) is 11.4. The van der Waals surface area contributed by atoms with Gasteiger partial charge in [-0.2, -0.15) is 0 Å². The van der Waals surface area contributed by atoms with E-state index in [1.807, 2.05) is 7.05 Å². The molecule has 1 rings (SSSR count). The molecule has 0 unspecified atom stereocenters. The Morgan fingerprint density at radius 1 is 1.29 bits per heavy atom. The van der Waals surface area contributed by atoms with Crippen molar-refractivity contribution < 1.29 is 4.74 Å². The van der Waals surface area contributed by atoms with E-state index in [4.69, 9.17) is 4.74 Å². The third kappa shape index (κ3) is 3.56. The van der Waals surface area contributed by atoms with Gasteiger partial charge in [0.05, 0.1) is 12.1 Å². The van der Waals surface area contributed by atoms with Crippen LogP contribution in [-0.4, -0.2) is 36.3 Å². The first kappa shape index (κ1) is 13.7. The van der Waals surface area contributed by atoms with Gasteiger partial charge in [0.25, 0.3) is 0 Å². The van der Waals surface area contributed by atoms with E-state index < -0.39 is 0 Å². The van der Waals surface area contributed by atoms with Crippen LogP contribution in [0.3, 0.4) is 0 Å². The van der Waals surface area contributed by atoms with Gasteiger partial charge in [0.15, 0.2) is 0 Å². The summed E-state index contributed by atoms with van der Waals surface area (Å²) in [5.74, 6) is 1.74. The molecule has 1 aromatic rings. The minimum absolute atomic E-state index is 0.155. The fourth-order valence-electron chi connectivity index (χ4n) is 1.79. The Morgan fingerprint density at radius 2 is 1.94 bits per heavy atom. The summed E-state index contributed by atoms with van der Waals surface area (Å²) in [6.07, 6.45) is 2.44. The number of ether oxygens (including phenoxy) is 1. The molecular formula is C12H22N4O. The molecule has 0 aliphatic rings. The summed E-state index contributed by atoms with van der Waals surface area (Å²) < 4.78 is 5.19. The SMILES string of the molecule is CCc1c(NC)ncnc1NC(C)(C)COC. The van der Waals surface area contributed by atoms with Crippen molar-refractivity contribution >= 4 is 11.6 Å². The summed E-state index contributed by atoms with van der Waals surface area (Å²) in [6, 6.07) is 0. The Morgan fingerprint density at radius 3 is 2.47 bits per heavy atom. The average molecular weight is 238 g/mol. The summed E-state index contributed by atoms with van der Waals surface area (Å²) >= 11 is 0. The highest BCUT2D eigenvalue weighted by Gasteiger charge is 2.20. The van der Waals surface area contributed by atoms with Crippen LogP contribution >= 0.6 is 0 Å². The topological polar surface area (TPSA) is 59.1 Å². The second-order valence-corrected chi connectivity index (χ2v) is 4.59. The molecule has 1 aromatic heterocycles. The van der Waals surface area contributed by atoms with Gasteiger partial charge < -0.3 is 15.4 Å². The first-order valence-electron chi connectivity index (χ1n) is 5.82. The predicted octanol–water partition coefficient (Wildman–Crippen LogP) is 1.92. The van der Waals surface area contributed by atoms with Crippen LogP contribution in [0.1, 0.15) is 26.3 Å². The molecule has 96 valence electrons. The fraction of sp³-hybridized carbons (Fsp3) is 0.667. The highest BCUT2D eigenvalue weighted by atomic mass is 16.5. The minimum Gasteiger partial charge on any atom is -0.382 e. The molecule has 0 amide bonds. The Labute approximate surface area is 103 Å². The molecule has 0 radical (unpaired) electrons. The number of methoxy groups -OCH3 is 1. The largest absolute Gasteiger partial charge is 0.382 e. The lowest BCUT2D eigenvalue weighted by atomic mass is 10.1. The molecule has 0 saturated heterocycles. The molecule has 0 aliphatic carbocycles. The fourth-order valence-corrected chi connectivity index (χ4v) is 1.79. The Hall–Kier alpha value is -1.36. The highest BCUT2D eigenvalue weighted by Crippen LogP contribution is 2.23. The van der Waals surface area contributed by atoms with Gasteiger partial charge in [-0.15, -0.1) is 0 Å². The van der Waals surface area contributed by atoms with Crippen molar-refractivity contribution in [2.24, 2.45) is 0 Å². The van der Waals surface area contributed by atoms with E-state index in [1.165, 1.54) is 0 Å². The van der Waals surface area contributed by atoms with Gasteiger partial charge in [-0.05, 0) is 20.3 Å². The van der Waals surface area contributed by atoms with E-state index in [-0.39, 0.29) is 5.54 Å². The quantitative estimate of drug-likeness (QED) is 0.793. The van der Waals surface area contributed by atoms with Crippen LogP contribution in [0.4, 0.5) is 11.6 Å². The molecule has 0 aromatic carbocycles. The van der Waals surface area contributed by atoms with Crippen molar-refractivity contribution in [1.29, 1.82) is 0 Å². The van der Waals surface area contributed by atoms with E-state index in [2.05, 4.69) is 41.4 Å². The van der Waals surface area contributed by atoms with E-state index in [0.717, 1.165) is 23.6 Å². The molecule has 1 heterocycles. The number of nitrogens with one attached hydrogen (secondary N) is 2. The number of rotatable bonds is 6. The standard InChI is InChI=1S/C12H22N4O/c1-6-9-10(13-4)14-8-15-11(9)16-12(2,3)7-17-5/h8H,6-7H2,1-5H3,(H2,13,14,15,16). The van der Waals surface area contributed by atoms with Gasteiger partial charge in [0.2, 0.25) is 0 Å². The molecular weight excluding hydrogens is 216 g/mol. The van der Waals surface area contributed by atoms with Crippen LogP contribution in [0.2, 0.25) is 0 Å². The molecule has 0 aliphatic heterocycles. The zero-order valence-corrected chi connectivity index (χ0v) is 11.3. The number of nitrogens with zero attached hydrogens (tertiary/aromatic N) is 2. The second-order valence-electron chi connectivity index (χ2n) is 4.59. The van der Waals surface area contributed by atoms with Gasteiger partial charge in [0.1, 0.15) is 18.0 Å². The first-order valence-corrected chi connectivity index (χ1v) is 5.82. The van der Waals surface area contributed by atoms with E-state index >= 15 is 0 Å². The summed E-state index contributed by atoms with van der Waals surface area (Å²) in [6.45, 7) is 6.87. The predicted molar refractivity (Wildman–Crippen MR) is 70.5 cm³/mol. The van der Waals surface area contributed by atoms with Crippen LogP contribution in [0.25, 0.3) is 0 Å². The van der Waals surface area contributed by atoms with Crippen molar-refractivity contribution in [2.75, 3.05) is 31.4 Å². The lowest BCUT2D eigenvalue weighted by Gasteiger charge is -2.27. The Kier molecular flexibility index (Phi) is 4.69. The Balaban J connectivity index is 2.98. The zero-order valence-electron chi connectivity index (χ0n) is 11.3. The highest BCUT2D eigenvalue weighted by molar-refractivity contribution is 5.57. The molecule has 5 heteroatoms. The minimum atomic E-state index is -0.155. The molecule has 0 atom stereocenters. The van der Waals surface area contributed by atoms with Gasteiger partial charge in [-0.3, -0.25) is 0 Å². The summed E-state index contributed by atoms with van der Waals surface area (Å²) in [4.78, 5) is 8.52. The summed E-state index contributed by atoms with van der Waals surface area (Å²) in [7, 11) is 3.56. The first-order chi connectivity index (χ1) is 8.04. The van der Waals surface area contributed by atoms with Crippen LogP contribution in [0.5, 0.6) is 0 Å². The van der Waals surface area contributed by atoms with Crippen molar-refractivity contribution in [3.05, 3.63) is 11.9 Å². The lowest BCUT2D eigenvalue weighted by Crippen LogP contribution is -2.36. The molecule has 0 saturated carbocycles. The average Bonchev–Trinajstić information content (AvgIpc) is 2.27. The van der Waals surface area contributed by atoms with E-state index in [0.29, 0.717) is 6.61 Å². The zero-order chi connectivity index (χ0) is 12.9. The summed E-state index contributed by atoms with van der Waals surface area (Å²) in [5.41, 5.74) is 0.942. The monoisotopic (exact) mass is 238 g/mol. The third-order valence-corrected chi connectivity index (χ3v) is 2.50. The van der Waals surface area contributed by atoms with Crippen LogP contribution < -0.4 is 10.6 Å². The molecule has 17 heavy (non-hydrogen) atoms. The number of hydrogen-bond acceptors (Lipinski definition) is 5. The lowest BCUT2D eigenvalue weighted by molar-refractivity contribution is 0.158. The maximum absolute atomic E-state index is 5.19. The van der Waals surface area contributed by atoms with Gasteiger partial charge in [0, 0.05) is 19.7 Å². The van der Waals surface area contributed by atoms with E-state index in [1.54, 1.807) is 13.4 Å². The summed E-state index contributed by atoms with van der Waals surface area (Å²) in [5, 5.41) is 6.48. The van der Waals surface area contributed by atoms with Crippen molar-refractivity contribution in [3.63, 3.8) is 0 Å². The van der Waals surface area contributed by atoms with Gasteiger partial charge in [-0.25, -0.2) is 9.97 Å². The number of anilines is 2. The Bertz CT molecular complexity index is 366. The van der Waals surface area contributed by atoms with Gasteiger partial charge in [-0.1, -0.05) is 6.92 Å². The molecule has 0 bridgehead atoms. The van der Waals surface area contributed by atoms with Crippen LogP contribution in [-0.2, 0) is 11.2 Å². The van der Waals surface area contributed by atoms with E-state index in [9.17, 15) is 0 Å². The maximum atomic E-state index is 5.19. The number of aromatic nitrogens is 2. The second kappa shape index (κ2) is 5.82. The maximum Gasteiger partial charge on any atom is 0.135 e. The molecule has 2 N–H and O–H groups in total. The molecule has 0 spiro atoms. The molecule has 0 fully saturated rings. The number of hydrogen-bond donors (Lipinski definition) is 2. The smallest absolute Gasteiger partial charge is 0.135 e. The molecule has 5 nitrogen and oxygen atoms in total. The van der Waals surface area contributed by atoms with Crippen LogP contribution in [0.15, 0.2) is 6.33 Å². The third-order valence-electron chi connectivity index (χ3n) is 2.50. The van der Waals surface area contributed by atoms with Crippen LogP contribution in [0, 0.1) is 0 Å². The van der Waals surface area contributed by atoms with Gasteiger partial charge >= 0.3 is 0 Å².